The maximum Gasteiger partial charge on any atom is 0.0234 e. The lowest BCUT2D eigenvalue weighted by atomic mass is 9.85. The van der Waals surface area contributed by atoms with Crippen LogP contribution in [0.4, 0.5) is 0 Å². The lowest BCUT2D eigenvalue weighted by Crippen LogP contribution is -2.46. The molecule has 0 N–H and O–H groups in total. The van der Waals surface area contributed by atoms with Crippen LogP contribution in [0.3, 0.4) is 0 Å². The smallest absolute Gasteiger partial charge is 0.0234 e. The van der Waals surface area contributed by atoms with Gasteiger partial charge in [0.05, 0.1) is 0 Å². The van der Waals surface area contributed by atoms with Gasteiger partial charge >= 0.3 is 0 Å². The zero-order valence-corrected chi connectivity index (χ0v) is 14.5. The van der Waals surface area contributed by atoms with Gasteiger partial charge in [0.25, 0.3) is 0 Å². The summed E-state index contributed by atoms with van der Waals surface area (Å²) in [6.45, 7) is 13.4. The molecule has 1 aliphatic carbocycles. The first-order valence-corrected chi connectivity index (χ1v) is 9.02. The standard InChI is InChI=1S/C21H30N2/c1-18(2)21-10-8-20(9-11-21)17-23-14-12-22(13-15-23)16-19-6-4-3-5-7-19/h3-8,21H,1,9-17H2,2H3/t21-/m0/s1. The Labute approximate surface area is 141 Å². The Morgan fingerprint density at radius 3 is 2.26 bits per heavy atom. The molecule has 2 aliphatic rings. The van der Waals surface area contributed by atoms with Crippen LogP contribution >= 0.6 is 0 Å². The molecule has 1 heterocycles. The minimum Gasteiger partial charge on any atom is -0.297 e. The molecule has 1 atom stereocenters. The summed E-state index contributed by atoms with van der Waals surface area (Å²) in [6.07, 6.45) is 6.26. The SMILES string of the molecule is C=C(C)[C@H]1CC=C(CN2CCN(Cc3ccccc3)CC2)CC1. The van der Waals surface area contributed by atoms with Gasteiger partial charge in [0, 0.05) is 39.3 Å². The minimum absolute atomic E-state index is 0.724. The molecule has 23 heavy (non-hydrogen) atoms. The fraction of sp³-hybridized carbons (Fsp3) is 0.524. The van der Waals surface area contributed by atoms with E-state index in [0.29, 0.717) is 0 Å². The third kappa shape index (κ3) is 4.79. The van der Waals surface area contributed by atoms with Crippen LogP contribution in [0.1, 0.15) is 31.7 Å². The Hall–Kier alpha value is -1.38. The Bertz CT molecular complexity index is 538. The largest absolute Gasteiger partial charge is 0.297 e. The second-order valence-corrected chi connectivity index (χ2v) is 7.22. The van der Waals surface area contributed by atoms with E-state index in [2.05, 4.69) is 59.7 Å². The number of piperazine rings is 1. The predicted molar refractivity (Wildman–Crippen MR) is 98.4 cm³/mol. The Morgan fingerprint density at radius 2 is 1.70 bits per heavy atom. The van der Waals surface area contributed by atoms with Gasteiger partial charge in [0.2, 0.25) is 0 Å². The van der Waals surface area contributed by atoms with Crippen molar-refractivity contribution in [1.82, 2.24) is 9.80 Å². The Morgan fingerprint density at radius 1 is 1.04 bits per heavy atom. The summed E-state index contributed by atoms with van der Waals surface area (Å²) in [5, 5.41) is 0. The van der Waals surface area contributed by atoms with Crippen LogP contribution in [-0.4, -0.2) is 42.5 Å². The second kappa shape index (κ2) is 7.94. The fourth-order valence-electron chi connectivity index (χ4n) is 3.71. The van der Waals surface area contributed by atoms with Gasteiger partial charge in [-0.1, -0.05) is 54.1 Å². The van der Waals surface area contributed by atoms with Crippen molar-refractivity contribution in [1.29, 1.82) is 0 Å². The van der Waals surface area contributed by atoms with Crippen LogP contribution in [0.2, 0.25) is 0 Å². The fourth-order valence-corrected chi connectivity index (χ4v) is 3.71. The van der Waals surface area contributed by atoms with Crippen LogP contribution in [0.15, 0.2) is 54.1 Å². The van der Waals surface area contributed by atoms with E-state index < -0.39 is 0 Å². The normalized spacial score (nSPS) is 23.5. The third-order valence-corrected chi connectivity index (χ3v) is 5.34. The molecule has 1 fully saturated rings. The lowest BCUT2D eigenvalue weighted by Gasteiger charge is -2.36. The van der Waals surface area contributed by atoms with Crippen LogP contribution in [0, 0.1) is 5.92 Å². The van der Waals surface area contributed by atoms with E-state index in [1.165, 1.54) is 63.1 Å². The van der Waals surface area contributed by atoms with Crippen molar-refractivity contribution in [3.05, 3.63) is 59.7 Å². The van der Waals surface area contributed by atoms with Gasteiger partial charge in [0.15, 0.2) is 0 Å². The molecule has 124 valence electrons. The van der Waals surface area contributed by atoms with Crippen LogP contribution in [0.25, 0.3) is 0 Å². The average Bonchev–Trinajstić information content (AvgIpc) is 2.58. The van der Waals surface area contributed by atoms with E-state index in [1.54, 1.807) is 5.57 Å². The van der Waals surface area contributed by atoms with Crippen molar-refractivity contribution in [2.45, 2.75) is 32.7 Å². The van der Waals surface area contributed by atoms with E-state index in [-0.39, 0.29) is 0 Å². The van der Waals surface area contributed by atoms with Crippen molar-refractivity contribution in [3.63, 3.8) is 0 Å². The van der Waals surface area contributed by atoms with Gasteiger partial charge in [0.1, 0.15) is 0 Å². The van der Waals surface area contributed by atoms with Gasteiger partial charge in [-0.05, 0) is 37.7 Å². The summed E-state index contributed by atoms with van der Waals surface area (Å²) in [6, 6.07) is 10.8. The molecule has 0 bridgehead atoms. The number of hydrogen-bond donors (Lipinski definition) is 0. The van der Waals surface area contributed by atoms with Crippen molar-refractivity contribution in [2.24, 2.45) is 5.92 Å². The van der Waals surface area contributed by atoms with E-state index >= 15 is 0 Å². The summed E-state index contributed by atoms with van der Waals surface area (Å²) < 4.78 is 0. The zero-order chi connectivity index (χ0) is 16.1. The highest BCUT2D eigenvalue weighted by Gasteiger charge is 2.20. The molecule has 1 aromatic rings. The second-order valence-electron chi connectivity index (χ2n) is 7.22. The summed E-state index contributed by atoms with van der Waals surface area (Å²) in [5.74, 6) is 0.724. The van der Waals surface area contributed by atoms with Crippen molar-refractivity contribution in [3.8, 4) is 0 Å². The highest BCUT2D eigenvalue weighted by atomic mass is 15.3. The molecule has 1 saturated heterocycles. The monoisotopic (exact) mass is 310 g/mol. The molecule has 2 nitrogen and oxygen atoms in total. The van der Waals surface area contributed by atoms with Gasteiger partial charge in [-0.25, -0.2) is 0 Å². The number of nitrogens with zero attached hydrogens (tertiary/aromatic N) is 2. The van der Waals surface area contributed by atoms with E-state index in [1.807, 2.05) is 0 Å². The first kappa shape index (κ1) is 16.5. The minimum atomic E-state index is 0.724. The lowest BCUT2D eigenvalue weighted by molar-refractivity contribution is 0.133. The summed E-state index contributed by atoms with van der Waals surface area (Å²) in [4.78, 5) is 5.21. The molecule has 0 saturated carbocycles. The Kier molecular flexibility index (Phi) is 5.69. The Balaban J connectivity index is 1.42. The van der Waals surface area contributed by atoms with Crippen LogP contribution < -0.4 is 0 Å². The molecule has 0 spiro atoms. The molecule has 1 aromatic carbocycles. The topological polar surface area (TPSA) is 6.48 Å². The van der Waals surface area contributed by atoms with Crippen molar-refractivity contribution in [2.75, 3.05) is 32.7 Å². The van der Waals surface area contributed by atoms with E-state index in [4.69, 9.17) is 0 Å². The average molecular weight is 310 g/mol. The molecule has 1 aliphatic heterocycles. The highest BCUT2D eigenvalue weighted by Crippen LogP contribution is 2.28. The summed E-state index contributed by atoms with van der Waals surface area (Å²) in [5.41, 5.74) is 4.44. The third-order valence-electron chi connectivity index (χ3n) is 5.34. The molecular formula is C21H30N2. The summed E-state index contributed by atoms with van der Waals surface area (Å²) >= 11 is 0. The number of allylic oxidation sites excluding steroid dienone is 2. The van der Waals surface area contributed by atoms with Gasteiger partial charge in [-0.2, -0.15) is 0 Å². The zero-order valence-electron chi connectivity index (χ0n) is 14.5. The van der Waals surface area contributed by atoms with Gasteiger partial charge in [-0.15, -0.1) is 0 Å². The van der Waals surface area contributed by atoms with Crippen molar-refractivity contribution < 1.29 is 0 Å². The maximum atomic E-state index is 4.12. The molecule has 0 amide bonds. The molecule has 0 aromatic heterocycles. The quantitative estimate of drug-likeness (QED) is 0.755. The number of hydrogen-bond acceptors (Lipinski definition) is 2. The van der Waals surface area contributed by atoms with Crippen LogP contribution in [0.5, 0.6) is 0 Å². The number of rotatable bonds is 5. The van der Waals surface area contributed by atoms with Gasteiger partial charge in [-0.3, -0.25) is 9.80 Å². The molecular weight excluding hydrogens is 280 g/mol. The maximum absolute atomic E-state index is 4.12. The molecule has 0 unspecified atom stereocenters. The first-order valence-electron chi connectivity index (χ1n) is 9.02. The number of benzene rings is 1. The molecule has 0 radical (unpaired) electrons. The highest BCUT2D eigenvalue weighted by molar-refractivity contribution is 5.15. The van der Waals surface area contributed by atoms with Crippen molar-refractivity contribution >= 4 is 0 Å². The summed E-state index contributed by atoms with van der Waals surface area (Å²) in [7, 11) is 0. The van der Waals surface area contributed by atoms with Crippen LogP contribution in [-0.2, 0) is 6.54 Å². The predicted octanol–water partition coefficient (Wildman–Crippen LogP) is 4.11. The molecule has 2 heteroatoms. The van der Waals surface area contributed by atoms with Gasteiger partial charge < -0.3 is 0 Å². The molecule has 3 rings (SSSR count). The van der Waals surface area contributed by atoms with E-state index in [0.717, 1.165) is 12.5 Å². The van der Waals surface area contributed by atoms with E-state index in [9.17, 15) is 0 Å². The first-order chi connectivity index (χ1) is 11.2.